The third-order valence-corrected chi connectivity index (χ3v) is 6.83. The van der Waals surface area contributed by atoms with Crippen molar-refractivity contribution in [1.82, 2.24) is 20.2 Å². The van der Waals surface area contributed by atoms with Gasteiger partial charge in [0, 0.05) is 11.1 Å². The third-order valence-electron chi connectivity index (χ3n) is 4.66. The van der Waals surface area contributed by atoms with E-state index in [1.807, 2.05) is 36.4 Å². The highest BCUT2D eigenvalue weighted by Gasteiger charge is 2.19. The molecular formula is C22H20N4O2S. The molecule has 0 amide bonds. The van der Waals surface area contributed by atoms with Gasteiger partial charge in [0.2, 0.25) is 0 Å². The van der Waals surface area contributed by atoms with Crippen LogP contribution in [0.3, 0.4) is 0 Å². The monoisotopic (exact) mass is 404 g/mol. The molecule has 0 saturated heterocycles. The molecule has 0 saturated carbocycles. The topological polar surface area (TPSA) is 88.6 Å². The first kappa shape index (κ1) is 19.0. The SMILES string of the molecule is CC(C)S(=O)(=O)c1ccc(-c2cncc(-c3cc(-c4ccccc4)n[nH]3)n2)cc1. The Kier molecular flexibility index (Phi) is 4.98. The molecule has 0 aliphatic rings. The van der Waals surface area contributed by atoms with Crippen LogP contribution in [0.4, 0.5) is 0 Å². The van der Waals surface area contributed by atoms with Crippen LogP contribution in [-0.2, 0) is 9.84 Å². The lowest BCUT2D eigenvalue weighted by Gasteiger charge is -2.08. The molecule has 0 spiro atoms. The quantitative estimate of drug-likeness (QED) is 0.533. The number of nitrogens with one attached hydrogen (secondary N) is 1. The van der Waals surface area contributed by atoms with E-state index in [1.165, 1.54) is 0 Å². The lowest BCUT2D eigenvalue weighted by Crippen LogP contribution is -2.13. The fourth-order valence-electron chi connectivity index (χ4n) is 2.93. The van der Waals surface area contributed by atoms with Gasteiger partial charge in [-0.15, -0.1) is 0 Å². The Morgan fingerprint density at radius 2 is 1.48 bits per heavy atom. The molecule has 0 atom stereocenters. The molecule has 1 N–H and O–H groups in total. The standard InChI is InChI=1S/C22H20N4O2S/c1-15(2)29(27,28)18-10-8-17(9-11-18)21-13-23-14-22(24-21)20-12-19(25-26-20)16-6-4-3-5-7-16/h3-15H,1-2H3,(H,25,26). The number of hydrogen-bond acceptors (Lipinski definition) is 5. The molecule has 0 radical (unpaired) electrons. The number of benzene rings is 2. The maximum atomic E-state index is 12.3. The van der Waals surface area contributed by atoms with Crippen molar-refractivity contribution in [3.8, 4) is 33.9 Å². The molecule has 2 aromatic heterocycles. The highest BCUT2D eigenvalue weighted by molar-refractivity contribution is 7.92. The van der Waals surface area contributed by atoms with Crippen molar-refractivity contribution in [1.29, 1.82) is 0 Å². The van der Waals surface area contributed by atoms with Gasteiger partial charge in [-0.3, -0.25) is 10.1 Å². The molecule has 4 rings (SSSR count). The van der Waals surface area contributed by atoms with Crippen LogP contribution >= 0.6 is 0 Å². The third kappa shape index (κ3) is 3.82. The van der Waals surface area contributed by atoms with Gasteiger partial charge >= 0.3 is 0 Å². The second kappa shape index (κ2) is 7.60. The highest BCUT2D eigenvalue weighted by atomic mass is 32.2. The average molecular weight is 404 g/mol. The van der Waals surface area contributed by atoms with Gasteiger partial charge in [-0.1, -0.05) is 42.5 Å². The Morgan fingerprint density at radius 3 is 2.17 bits per heavy atom. The Morgan fingerprint density at radius 1 is 0.828 bits per heavy atom. The van der Waals surface area contributed by atoms with Crippen LogP contribution < -0.4 is 0 Å². The normalized spacial score (nSPS) is 11.7. The zero-order valence-electron chi connectivity index (χ0n) is 16.1. The summed E-state index contributed by atoms with van der Waals surface area (Å²) in [4.78, 5) is 9.26. The van der Waals surface area contributed by atoms with Crippen LogP contribution in [0.5, 0.6) is 0 Å². The van der Waals surface area contributed by atoms with Crippen molar-refractivity contribution < 1.29 is 8.42 Å². The predicted octanol–water partition coefficient (Wildman–Crippen LogP) is 4.38. The summed E-state index contributed by atoms with van der Waals surface area (Å²) in [7, 11) is -3.30. The zero-order chi connectivity index (χ0) is 20.4. The van der Waals surface area contributed by atoms with E-state index in [0.717, 1.165) is 22.5 Å². The first-order valence-corrected chi connectivity index (χ1v) is 10.8. The number of sulfone groups is 1. The molecule has 146 valence electrons. The minimum atomic E-state index is -3.30. The number of H-pyrrole nitrogens is 1. The molecule has 2 aromatic carbocycles. The number of hydrogen-bond donors (Lipinski definition) is 1. The Labute approximate surface area is 169 Å². The molecular weight excluding hydrogens is 384 g/mol. The van der Waals surface area contributed by atoms with Crippen LogP contribution in [0.15, 0.2) is 78.0 Å². The fraction of sp³-hybridized carbons (Fsp3) is 0.136. The molecule has 29 heavy (non-hydrogen) atoms. The molecule has 0 unspecified atom stereocenters. The molecule has 0 aliphatic carbocycles. The van der Waals surface area contributed by atoms with E-state index in [0.29, 0.717) is 16.3 Å². The highest BCUT2D eigenvalue weighted by Crippen LogP contribution is 2.25. The zero-order valence-corrected chi connectivity index (χ0v) is 16.9. The van der Waals surface area contributed by atoms with Gasteiger partial charge in [0.05, 0.1) is 39.6 Å². The first-order chi connectivity index (χ1) is 13.9. The molecule has 7 heteroatoms. The van der Waals surface area contributed by atoms with E-state index in [-0.39, 0.29) is 0 Å². The van der Waals surface area contributed by atoms with Crippen LogP contribution in [0, 0.1) is 0 Å². The van der Waals surface area contributed by atoms with Gasteiger partial charge in [0.15, 0.2) is 9.84 Å². The van der Waals surface area contributed by atoms with Crippen LogP contribution in [0.1, 0.15) is 13.8 Å². The van der Waals surface area contributed by atoms with E-state index in [2.05, 4.69) is 20.2 Å². The first-order valence-electron chi connectivity index (χ1n) is 9.23. The van der Waals surface area contributed by atoms with E-state index in [1.54, 1.807) is 50.5 Å². The maximum absolute atomic E-state index is 12.3. The smallest absolute Gasteiger partial charge is 0.180 e. The summed E-state index contributed by atoms with van der Waals surface area (Å²) in [5.41, 5.74) is 4.72. The fourth-order valence-corrected chi connectivity index (χ4v) is 3.99. The lowest BCUT2D eigenvalue weighted by molar-refractivity contribution is 0.587. The van der Waals surface area contributed by atoms with Crippen molar-refractivity contribution in [2.24, 2.45) is 0 Å². The van der Waals surface area contributed by atoms with E-state index in [4.69, 9.17) is 0 Å². The van der Waals surface area contributed by atoms with Crippen molar-refractivity contribution in [3.05, 3.63) is 73.1 Å². The molecule has 0 bridgehead atoms. The number of rotatable bonds is 5. The van der Waals surface area contributed by atoms with Gasteiger partial charge in [0.1, 0.15) is 5.69 Å². The Bertz CT molecular complexity index is 1230. The Hall–Kier alpha value is -3.32. The van der Waals surface area contributed by atoms with Gasteiger partial charge in [-0.2, -0.15) is 5.10 Å². The van der Waals surface area contributed by atoms with E-state index in [9.17, 15) is 8.42 Å². The Balaban J connectivity index is 1.64. The summed E-state index contributed by atoms with van der Waals surface area (Å²) in [6, 6.07) is 18.6. The minimum absolute atomic E-state index is 0.307. The van der Waals surface area contributed by atoms with Crippen molar-refractivity contribution in [3.63, 3.8) is 0 Å². The van der Waals surface area contributed by atoms with Crippen LogP contribution in [0.2, 0.25) is 0 Å². The predicted molar refractivity (Wildman–Crippen MR) is 113 cm³/mol. The van der Waals surface area contributed by atoms with Crippen molar-refractivity contribution >= 4 is 9.84 Å². The molecule has 2 heterocycles. The van der Waals surface area contributed by atoms with Crippen LogP contribution in [-0.4, -0.2) is 33.8 Å². The van der Waals surface area contributed by atoms with Gasteiger partial charge < -0.3 is 0 Å². The summed E-state index contributed by atoms with van der Waals surface area (Å²) in [5, 5.41) is 6.91. The second-order valence-electron chi connectivity index (χ2n) is 6.94. The van der Waals surface area contributed by atoms with Gasteiger partial charge in [-0.05, 0) is 32.0 Å². The number of aromatic nitrogens is 4. The minimum Gasteiger partial charge on any atom is -0.276 e. The summed E-state index contributed by atoms with van der Waals surface area (Å²) in [6.07, 6.45) is 3.33. The van der Waals surface area contributed by atoms with Crippen LogP contribution in [0.25, 0.3) is 33.9 Å². The molecule has 0 aliphatic heterocycles. The van der Waals surface area contributed by atoms with Gasteiger partial charge in [-0.25, -0.2) is 13.4 Å². The van der Waals surface area contributed by atoms with E-state index < -0.39 is 15.1 Å². The second-order valence-corrected chi connectivity index (χ2v) is 9.44. The average Bonchev–Trinajstić information content (AvgIpc) is 3.25. The number of aromatic amines is 1. The van der Waals surface area contributed by atoms with Crippen molar-refractivity contribution in [2.45, 2.75) is 24.0 Å². The number of nitrogens with zero attached hydrogens (tertiary/aromatic N) is 3. The van der Waals surface area contributed by atoms with E-state index >= 15 is 0 Å². The lowest BCUT2D eigenvalue weighted by atomic mass is 10.1. The summed E-state index contributed by atoms with van der Waals surface area (Å²) >= 11 is 0. The maximum Gasteiger partial charge on any atom is 0.180 e. The van der Waals surface area contributed by atoms with Crippen molar-refractivity contribution in [2.75, 3.05) is 0 Å². The largest absolute Gasteiger partial charge is 0.276 e. The molecule has 0 fully saturated rings. The summed E-state index contributed by atoms with van der Waals surface area (Å²) in [5.74, 6) is 0. The summed E-state index contributed by atoms with van der Waals surface area (Å²) < 4.78 is 24.6. The molecule has 4 aromatic rings. The summed E-state index contributed by atoms with van der Waals surface area (Å²) in [6.45, 7) is 3.35. The van der Waals surface area contributed by atoms with Gasteiger partial charge in [0.25, 0.3) is 0 Å². The molecule has 6 nitrogen and oxygen atoms in total.